The molecule has 0 spiro atoms. The van der Waals surface area contributed by atoms with E-state index in [0.29, 0.717) is 5.56 Å². The predicted octanol–water partition coefficient (Wildman–Crippen LogP) is 2.85. The van der Waals surface area contributed by atoms with Crippen molar-refractivity contribution in [2.75, 3.05) is 7.11 Å². The summed E-state index contributed by atoms with van der Waals surface area (Å²) in [6.45, 7) is 0. The fourth-order valence-corrected chi connectivity index (χ4v) is 2.77. The maximum Gasteiger partial charge on any atom is 0.307 e. The quantitative estimate of drug-likeness (QED) is 0.832. The molecule has 2 rings (SSSR count). The molecule has 6 heteroatoms. The minimum Gasteiger partial charge on any atom is -0.469 e. The first-order valence-corrected chi connectivity index (χ1v) is 7.60. The van der Waals surface area contributed by atoms with E-state index in [2.05, 4.69) is 10.1 Å². The fraction of sp³-hybridized carbons (Fsp3) is 0.250. The largest absolute Gasteiger partial charge is 0.469 e. The van der Waals surface area contributed by atoms with Crippen LogP contribution in [-0.2, 0) is 20.7 Å². The van der Waals surface area contributed by atoms with Crippen LogP contribution in [0, 0.1) is 5.82 Å². The number of hydrogen-bond acceptors (Lipinski definition) is 4. The van der Waals surface area contributed by atoms with Crippen molar-refractivity contribution in [1.82, 2.24) is 5.32 Å². The summed E-state index contributed by atoms with van der Waals surface area (Å²) in [5.74, 6) is -0.958. The molecule has 0 bridgehead atoms. The molecule has 1 amide bonds. The topological polar surface area (TPSA) is 55.4 Å². The molecule has 0 aliphatic rings. The van der Waals surface area contributed by atoms with Crippen molar-refractivity contribution in [3.05, 3.63) is 58.0 Å². The van der Waals surface area contributed by atoms with Gasteiger partial charge in [-0.25, -0.2) is 4.39 Å². The fourth-order valence-electron chi connectivity index (χ4n) is 2.00. The Morgan fingerprint density at radius 2 is 2.00 bits per heavy atom. The number of rotatable bonds is 6. The van der Waals surface area contributed by atoms with Crippen molar-refractivity contribution in [3.63, 3.8) is 0 Å². The Kier molecular flexibility index (Phi) is 5.66. The van der Waals surface area contributed by atoms with Crippen LogP contribution in [-0.4, -0.2) is 19.0 Å². The van der Waals surface area contributed by atoms with Crippen molar-refractivity contribution in [2.24, 2.45) is 0 Å². The molecule has 1 aromatic heterocycles. The van der Waals surface area contributed by atoms with Crippen LogP contribution in [0.4, 0.5) is 4.39 Å². The first-order chi connectivity index (χ1) is 10.6. The first kappa shape index (κ1) is 16.2. The molecule has 0 saturated carbocycles. The van der Waals surface area contributed by atoms with E-state index in [9.17, 15) is 14.0 Å². The molecule has 0 unspecified atom stereocenters. The van der Waals surface area contributed by atoms with Crippen molar-refractivity contribution in [1.29, 1.82) is 0 Å². The summed E-state index contributed by atoms with van der Waals surface area (Å²) < 4.78 is 17.5. The highest BCUT2D eigenvalue weighted by Gasteiger charge is 2.19. The van der Waals surface area contributed by atoms with Crippen LogP contribution in [0.2, 0.25) is 0 Å². The molecule has 1 N–H and O–H groups in total. The monoisotopic (exact) mass is 321 g/mol. The van der Waals surface area contributed by atoms with Crippen LogP contribution in [0.3, 0.4) is 0 Å². The minimum absolute atomic E-state index is 0.0756. The van der Waals surface area contributed by atoms with E-state index in [1.807, 2.05) is 17.5 Å². The second kappa shape index (κ2) is 7.70. The van der Waals surface area contributed by atoms with Gasteiger partial charge in [-0.1, -0.05) is 18.2 Å². The molecule has 0 saturated heterocycles. The van der Waals surface area contributed by atoms with Crippen molar-refractivity contribution in [2.45, 2.75) is 18.9 Å². The van der Waals surface area contributed by atoms with Gasteiger partial charge < -0.3 is 10.1 Å². The molecule has 22 heavy (non-hydrogen) atoms. The number of esters is 1. The number of nitrogens with one attached hydrogen (secondary N) is 1. The Bertz CT molecular complexity index is 625. The van der Waals surface area contributed by atoms with Gasteiger partial charge in [0.15, 0.2) is 0 Å². The number of thiophene rings is 1. The highest BCUT2D eigenvalue weighted by molar-refractivity contribution is 7.10. The summed E-state index contributed by atoms with van der Waals surface area (Å²) in [5, 5.41) is 4.71. The van der Waals surface area contributed by atoms with E-state index in [4.69, 9.17) is 0 Å². The number of carbonyl (C=O) groups excluding carboxylic acids is 2. The summed E-state index contributed by atoms with van der Waals surface area (Å²) in [4.78, 5) is 24.5. The Balaban J connectivity index is 2.01. The molecule has 4 nitrogen and oxygen atoms in total. The number of benzene rings is 1. The van der Waals surface area contributed by atoms with Crippen LogP contribution < -0.4 is 5.32 Å². The van der Waals surface area contributed by atoms with Crippen molar-refractivity contribution >= 4 is 23.2 Å². The molecule has 0 aliphatic heterocycles. The zero-order valence-corrected chi connectivity index (χ0v) is 12.9. The van der Waals surface area contributed by atoms with Gasteiger partial charge in [-0.15, -0.1) is 11.3 Å². The van der Waals surface area contributed by atoms with Crippen LogP contribution in [0.1, 0.15) is 22.9 Å². The minimum atomic E-state index is -0.416. The van der Waals surface area contributed by atoms with E-state index >= 15 is 0 Å². The summed E-state index contributed by atoms with van der Waals surface area (Å²) in [6.07, 6.45) is 0.204. The van der Waals surface area contributed by atoms with Gasteiger partial charge in [0.2, 0.25) is 5.91 Å². The number of amides is 1. The second-order valence-corrected chi connectivity index (χ2v) is 5.70. The predicted molar refractivity (Wildman–Crippen MR) is 81.9 cm³/mol. The van der Waals surface area contributed by atoms with Crippen molar-refractivity contribution in [3.8, 4) is 0 Å². The van der Waals surface area contributed by atoms with E-state index in [-0.39, 0.29) is 30.5 Å². The number of methoxy groups -OCH3 is 1. The molecule has 0 radical (unpaired) electrons. The summed E-state index contributed by atoms with van der Waals surface area (Å²) in [5.41, 5.74) is 0.710. The zero-order chi connectivity index (χ0) is 15.9. The lowest BCUT2D eigenvalue weighted by atomic mass is 10.1. The Morgan fingerprint density at radius 1 is 1.27 bits per heavy atom. The van der Waals surface area contributed by atoms with Gasteiger partial charge in [0.05, 0.1) is 26.0 Å². The summed E-state index contributed by atoms with van der Waals surface area (Å²) >= 11 is 1.46. The molecule has 1 aromatic carbocycles. The first-order valence-electron chi connectivity index (χ1n) is 6.72. The van der Waals surface area contributed by atoms with Gasteiger partial charge in [-0.05, 0) is 29.1 Å². The molecule has 1 atom stereocenters. The van der Waals surface area contributed by atoms with E-state index < -0.39 is 6.04 Å². The number of halogens is 1. The van der Waals surface area contributed by atoms with Crippen molar-refractivity contribution < 1.29 is 18.7 Å². The van der Waals surface area contributed by atoms with Crippen LogP contribution in [0.5, 0.6) is 0 Å². The molecule has 0 fully saturated rings. The molecule has 116 valence electrons. The van der Waals surface area contributed by atoms with Gasteiger partial charge in [0.25, 0.3) is 0 Å². The smallest absolute Gasteiger partial charge is 0.307 e. The van der Waals surface area contributed by atoms with Gasteiger partial charge >= 0.3 is 5.97 Å². The van der Waals surface area contributed by atoms with E-state index in [0.717, 1.165) is 4.88 Å². The van der Waals surface area contributed by atoms with Gasteiger partial charge in [-0.3, -0.25) is 9.59 Å². The second-order valence-electron chi connectivity index (χ2n) is 4.72. The summed E-state index contributed by atoms with van der Waals surface area (Å²) in [7, 11) is 1.31. The Hall–Kier alpha value is -2.21. The zero-order valence-electron chi connectivity index (χ0n) is 12.0. The average molecular weight is 321 g/mol. The summed E-state index contributed by atoms with van der Waals surface area (Å²) in [6, 6.07) is 9.06. The molecular formula is C16H16FNO3S. The lowest BCUT2D eigenvalue weighted by Gasteiger charge is -2.16. The third kappa shape index (κ3) is 4.66. The van der Waals surface area contributed by atoms with Gasteiger partial charge in [-0.2, -0.15) is 0 Å². The van der Waals surface area contributed by atoms with E-state index in [1.54, 1.807) is 12.1 Å². The lowest BCUT2D eigenvalue weighted by molar-refractivity contribution is -0.141. The van der Waals surface area contributed by atoms with E-state index in [1.165, 1.54) is 30.6 Å². The number of carbonyl (C=O) groups is 2. The maximum atomic E-state index is 12.9. The highest BCUT2D eigenvalue weighted by atomic mass is 32.1. The standard InChI is InChI=1S/C16H16FNO3S/c1-21-16(20)10-13(14-3-2-8-22-14)18-15(19)9-11-4-6-12(17)7-5-11/h2-8,13H,9-10H2,1H3,(H,18,19)/t13-/m1/s1. The lowest BCUT2D eigenvalue weighted by Crippen LogP contribution is -2.31. The highest BCUT2D eigenvalue weighted by Crippen LogP contribution is 2.22. The third-order valence-corrected chi connectivity index (χ3v) is 4.08. The molecule has 2 aromatic rings. The Morgan fingerprint density at radius 3 is 2.59 bits per heavy atom. The maximum absolute atomic E-state index is 12.9. The molecule has 1 heterocycles. The number of ether oxygens (including phenoxy) is 1. The molecular weight excluding hydrogens is 305 g/mol. The van der Waals surface area contributed by atoms with Crippen LogP contribution >= 0.6 is 11.3 Å². The van der Waals surface area contributed by atoms with Gasteiger partial charge in [0, 0.05) is 4.88 Å². The SMILES string of the molecule is COC(=O)C[C@@H](NC(=O)Cc1ccc(F)cc1)c1cccs1. The van der Waals surface area contributed by atoms with Crippen LogP contribution in [0.15, 0.2) is 41.8 Å². The Labute approximate surface area is 131 Å². The number of hydrogen-bond donors (Lipinski definition) is 1. The molecule has 0 aliphatic carbocycles. The van der Waals surface area contributed by atoms with Gasteiger partial charge in [0.1, 0.15) is 5.82 Å². The normalized spacial score (nSPS) is 11.7. The third-order valence-electron chi connectivity index (χ3n) is 3.10. The average Bonchev–Trinajstić information content (AvgIpc) is 3.03. The van der Waals surface area contributed by atoms with Crippen LogP contribution in [0.25, 0.3) is 0 Å².